The highest BCUT2D eigenvalue weighted by atomic mass is 32.2. The lowest BCUT2D eigenvalue weighted by Gasteiger charge is -2.26. The van der Waals surface area contributed by atoms with E-state index in [0.29, 0.717) is 25.8 Å². The number of nitrogens with zero attached hydrogens (tertiary/aromatic N) is 4. The molecule has 0 unspecified atom stereocenters. The zero-order chi connectivity index (χ0) is 17.2. The number of ether oxygens (including phenoxy) is 1. The van der Waals surface area contributed by atoms with Crippen molar-refractivity contribution in [3.8, 4) is 0 Å². The van der Waals surface area contributed by atoms with Gasteiger partial charge in [0.2, 0.25) is 5.91 Å². The second-order valence-corrected chi connectivity index (χ2v) is 6.75. The lowest BCUT2D eigenvalue weighted by Crippen LogP contribution is -2.37. The summed E-state index contributed by atoms with van der Waals surface area (Å²) in [4.78, 5) is 14.0. The third-order valence-corrected chi connectivity index (χ3v) is 4.91. The molecule has 1 aliphatic heterocycles. The van der Waals surface area contributed by atoms with Crippen molar-refractivity contribution in [2.75, 3.05) is 45.1 Å². The van der Waals surface area contributed by atoms with Crippen molar-refractivity contribution in [1.82, 2.24) is 25.0 Å². The molecule has 0 radical (unpaired) electrons. The predicted octanol–water partition coefficient (Wildman–Crippen LogP) is 0.864. The molecule has 1 aromatic rings. The van der Waals surface area contributed by atoms with Crippen LogP contribution in [-0.2, 0) is 23.0 Å². The van der Waals surface area contributed by atoms with E-state index in [1.807, 2.05) is 11.6 Å². The number of morpholine rings is 1. The lowest BCUT2D eigenvalue weighted by atomic mass is 10.3. The molecule has 0 atom stereocenters. The summed E-state index contributed by atoms with van der Waals surface area (Å²) in [5.74, 6) is 1.94. The number of thioether (sulfide) groups is 1. The Morgan fingerprint density at radius 3 is 2.96 bits per heavy atom. The quantitative estimate of drug-likeness (QED) is 0.497. The van der Waals surface area contributed by atoms with Gasteiger partial charge in [-0.05, 0) is 6.42 Å². The number of hydrogen-bond donors (Lipinski definition) is 1. The maximum absolute atomic E-state index is 11.6. The number of nitrogens with one attached hydrogen (secondary N) is 1. The van der Waals surface area contributed by atoms with Crippen LogP contribution in [0.4, 0.5) is 0 Å². The van der Waals surface area contributed by atoms with E-state index in [9.17, 15) is 4.79 Å². The van der Waals surface area contributed by atoms with E-state index >= 15 is 0 Å². The second-order valence-electron chi connectivity index (χ2n) is 5.69. The summed E-state index contributed by atoms with van der Waals surface area (Å²) in [7, 11) is 1.98. The zero-order valence-electron chi connectivity index (χ0n) is 14.4. The Morgan fingerprint density at radius 2 is 2.21 bits per heavy atom. The average Bonchev–Trinajstić information content (AvgIpc) is 2.94. The monoisotopic (exact) mass is 353 g/mol. The van der Waals surface area contributed by atoms with Gasteiger partial charge in [-0.15, -0.1) is 16.8 Å². The van der Waals surface area contributed by atoms with Gasteiger partial charge >= 0.3 is 0 Å². The summed E-state index contributed by atoms with van der Waals surface area (Å²) in [6, 6.07) is 0. The summed E-state index contributed by atoms with van der Waals surface area (Å²) >= 11 is 1.72. The summed E-state index contributed by atoms with van der Waals surface area (Å²) in [5.41, 5.74) is 0. The van der Waals surface area contributed by atoms with Gasteiger partial charge in [-0.1, -0.05) is 17.8 Å². The minimum Gasteiger partial charge on any atom is -0.379 e. The average molecular weight is 353 g/mol. The van der Waals surface area contributed by atoms with Gasteiger partial charge in [0, 0.05) is 51.8 Å². The molecule has 2 rings (SSSR count). The van der Waals surface area contributed by atoms with Crippen LogP contribution in [-0.4, -0.2) is 70.7 Å². The van der Waals surface area contributed by atoms with Crippen molar-refractivity contribution in [1.29, 1.82) is 0 Å². The number of rotatable bonds is 10. The Hall–Kier alpha value is -1.38. The van der Waals surface area contributed by atoms with Crippen LogP contribution in [0, 0.1) is 0 Å². The fourth-order valence-electron chi connectivity index (χ4n) is 2.41. The van der Waals surface area contributed by atoms with Crippen LogP contribution in [0.5, 0.6) is 0 Å². The third-order valence-electron chi connectivity index (χ3n) is 3.91. The Labute approximate surface area is 147 Å². The molecule has 24 heavy (non-hydrogen) atoms. The van der Waals surface area contributed by atoms with Gasteiger partial charge in [0.15, 0.2) is 5.16 Å². The summed E-state index contributed by atoms with van der Waals surface area (Å²) in [5, 5.41) is 12.3. The fourth-order valence-corrected chi connectivity index (χ4v) is 3.34. The van der Waals surface area contributed by atoms with E-state index in [1.54, 1.807) is 17.8 Å². The number of aromatic nitrogens is 3. The van der Waals surface area contributed by atoms with Gasteiger partial charge < -0.3 is 14.6 Å². The highest BCUT2D eigenvalue weighted by Crippen LogP contribution is 2.16. The van der Waals surface area contributed by atoms with Crippen molar-refractivity contribution in [2.24, 2.45) is 7.05 Å². The molecule has 0 aliphatic carbocycles. The van der Waals surface area contributed by atoms with Crippen LogP contribution in [0.2, 0.25) is 0 Å². The van der Waals surface area contributed by atoms with E-state index in [4.69, 9.17) is 4.74 Å². The molecule has 1 saturated heterocycles. The lowest BCUT2D eigenvalue weighted by molar-refractivity contribution is -0.120. The molecule has 1 N–H and O–H groups in total. The van der Waals surface area contributed by atoms with Crippen LogP contribution in [0.3, 0.4) is 0 Å². The molecule has 0 bridgehead atoms. The SMILES string of the molecule is C=CCCC(=O)NCCc1nnc(SCCN2CCOCC2)n1C. The highest BCUT2D eigenvalue weighted by molar-refractivity contribution is 7.99. The van der Waals surface area contributed by atoms with Crippen molar-refractivity contribution < 1.29 is 9.53 Å². The zero-order valence-corrected chi connectivity index (χ0v) is 15.2. The van der Waals surface area contributed by atoms with Gasteiger partial charge in [-0.3, -0.25) is 9.69 Å². The Bertz CT molecular complexity index is 529. The standard InChI is InChI=1S/C16H27N5O2S/c1-3-4-5-15(22)17-7-6-14-18-19-16(20(14)2)24-13-10-21-8-11-23-12-9-21/h3H,1,4-13H2,2H3,(H,17,22). The molecule has 0 spiro atoms. The first-order valence-corrected chi connectivity index (χ1v) is 9.38. The number of allylic oxidation sites excluding steroid dienone is 1. The second kappa shape index (κ2) is 10.5. The fraction of sp³-hybridized carbons (Fsp3) is 0.688. The summed E-state index contributed by atoms with van der Waals surface area (Å²) < 4.78 is 7.37. The molecule has 1 aromatic heterocycles. The Morgan fingerprint density at radius 1 is 1.42 bits per heavy atom. The third kappa shape index (κ3) is 6.26. The predicted molar refractivity (Wildman–Crippen MR) is 95.1 cm³/mol. The van der Waals surface area contributed by atoms with Gasteiger partial charge in [0.1, 0.15) is 5.82 Å². The van der Waals surface area contributed by atoms with Gasteiger partial charge in [-0.2, -0.15) is 0 Å². The number of carbonyl (C=O) groups is 1. The van der Waals surface area contributed by atoms with Crippen molar-refractivity contribution >= 4 is 17.7 Å². The minimum absolute atomic E-state index is 0.0529. The van der Waals surface area contributed by atoms with Crippen molar-refractivity contribution in [2.45, 2.75) is 24.4 Å². The summed E-state index contributed by atoms with van der Waals surface area (Å²) in [6.45, 7) is 8.92. The topological polar surface area (TPSA) is 72.3 Å². The molecule has 1 aliphatic rings. The summed E-state index contributed by atoms with van der Waals surface area (Å²) in [6.07, 6.45) is 3.64. The normalized spacial score (nSPS) is 15.4. The van der Waals surface area contributed by atoms with E-state index in [-0.39, 0.29) is 5.91 Å². The molecule has 2 heterocycles. The van der Waals surface area contributed by atoms with Gasteiger partial charge in [-0.25, -0.2) is 0 Å². The maximum Gasteiger partial charge on any atom is 0.220 e. The van der Waals surface area contributed by atoms with Crippen LogP contribution < -0.4 is 5.32 Å². The van der Waals surface area contributed by atoms with E-state index in [0.717, 1.165) is 49.6 Å². The number of carbonyl (C=O) groups excluding carboxylic acids is 1. The largest absolute Gasteiger partial charge is 0.379 e. The molecule has 0 saturated carbocycles. The first-order valence-electron chi connectivity index (χ1n) is 8.39. The molecule has 7 nitrogen and oxygen atoms in total. The molecule has 1 fully saturated rings. The minimum atomic E-state index is 0.0529. The van der Waals surface area contributed by atoms with Gasteiger partial charge in [0.25, 0.3) is 0 Å². The molecule has 0 aromatic carbocycles. The maximum atomic E-state index is 11.6. The van der Waals surface area contributed by atoms with Crippen LogP contribution in [0.1, 0.15) is 18.7 Å². The number of hydrogen-bond acceptors (Lipinski definition) is 6. The molecular formula is C16H27N5O2S. The number of amides is 1. The molecular weight excluding hydrogens is 326 g/mol. The van der Waals surface area contributed by atoms with E-state index in [1.165, 1.54) is 0 Å². The van der Waals surface area contributed by atoms with Crippen LogP contribution in [0.25, 0.3) is 0 Å². The van der Waals surface area contributed by atoms with Crippen LogP contribution >= 0.6 is 11.8 Å². The highest BCUT2D eigenvalue weighted by Gasteiger charge is 2.12. The molecule has 134 valence electrons. The van der Waals surface area contributed by atoms with Crippen LogP contribution in [0.15, 0.2) is 17.8 Å². The Balaban J connectivity index is 1.68. The van der Waals surface area contributed by atoms with E-state index in [2.05, 4.69) is 27.0 Å². The Kier molecular flexibility index (Phi) is 8.27. The van der Waals surface area contributed by atoms with Gasteiger partial charge in [0.05, 0.1) is 13.2 Å². The molecule has 8 heteroatoms. The smallest absolute Gasteiger partial charge is 0.220 e. The first kappa shape index (κ1) is 19.0. The first-order chi connectivity index (χ1) is 11.7. The van der Waals surface area contributed by atoms with E-state index < -0.39 is 0 Å². The van der Waals surface area contributed by atoms with Crippen molar-refractivity contribution in [3.05, 3.63) is 18.5 Å². The van der Waals surface area contributed by atoms with Crippen molar-refractivity contribution in [3.63, 3.8) is 0 Å². The molecule has 1 amide bonds.